The van der Waals surface area contributed by atoms with Crippen LogP contribution < -0.4 is 12.3 Å². The second-order valence-electron chi connectivity index (χ2n) is 0.793. The molecular formula is C4H10N2O. The van der Waals surface area contributed by atoms with Gasteiger partial charge < -0.3 is 16.7 Å². The van der Waals surface area contributed by atoms with Crippen molar-refractivity contribution < 1.29 is 4.42 Å². The third-order valence-corrected chi connectivity index (χ3v) is 0.425. The summed E-state index contributed by atoms with van der Waals surface area (Å²) in [6, 6.07) is 3.67. The van der Waals surface area contributed by atoms with E-state index in [2.05, 4.69) is 4.42 Å². The van der Waals surface area contributed by atoms with Gasteiger partial charge in [-0.3, -0.25) is 0 Å². The summed E-state index contributed by atoms with van der Waals surface area (Å²) in [6.45, 7) is 0. The van der Waals surface area contributed by atoms with Gasteiger partial charge in [-0.05, 0) is 12.1 Å². The molecule has 1 rings (SSSR count). The predicted octanol–water partition coefficient (Wildman–Crippen LogP) is 1.60. The zero-order valence-electron chi connectivity index (χ0n) is 4.13. The van der Waals surface area contributed by atoms with Crippen LogP contribution in [0.25, 0.3) is 0 Å². The Labute approximate surface area is 42.5 Å². The normalized spacial score (nSPS) is 5.71. The highest BCUT2D eigenvalue weighted by Gasteiger charge is 1.58. The first-order valence-electron chi connectivity index (χ1n) is 1.47. The zero-order valence-corrected chi connectivity index (χ0v) is 4.13. The molecule has 0 amide bonds. The first-order valence-corrected chi connectivity index (χ1v) is 1.47. The summed E-state index contributed by atoms with van der Waals surface area (Å²) in [5.41, 5.74) is 0. The van der Waals surface area contributed by atoms with Crippen LogP contribution in [0.3, 0.4) is 0 Å². The van der Waals surface area contributed by atoms with Gasteiger partial charge in [-0.15, -0.1) is 0 Å². The van der Waals surface area contributed by atoms with Crippen LogP contribution in [0.2, 0.25) is 0 Å². The minimum Gasteiger partial charge on any atom is -0.473 e. The maximum atomic E-state index is 4.58. The lowest BCUT2D eigenvalue weighted by Gasteiger charge is -1.50. The largest absolute Gasteiger partial charge is 0.473 e. The number of hydrogen-bond acceptors (Lipinski definition) is 3. The van der Waals surface area contributed by atoms with Gasteiger partial charge in [0.25, 0.3) is 0 Å². The van der Waals surface area contributed by atoms with Crippen molar-refractivity contribution in [3.63, 3.8) is 0 Å². The van der Waals surface area contributed by atoms with Gasteiger partial charge in [-0.1, -0.05) is 0 Å². The Morgan fingerprint density at radius 1 is 0.857 bits per heavy atom. The summed E-state index contributed by atoms with van der Waals surface area (Å²) in [4.78, 5) is 0. The number of rotatable bonds is 0. The fraction of sp³-hybridized carbons (Fsp3) is 0. The van der Waals surface area contributed by atoms with E-state index in [4.69, 9.17) is 0 Å². The van der Waals surface area contributed by atoms with E-state index < -0.39 is 0 Å². The number of furan rings is 1. The van der Waals surface area contributed by atoms with E-state index in [1.54, 1.807) is 12.5 Å². The van der Waals surface area contributed by atoms with Gasteiger partial charge in [0.05, 0.1) is 12.5 Å². The predicted molar refractivity (Wildman–Crippen MR) is 28.8 cm³/mol. The highest BCUT2D eigenvalue weighted by atomic mass is 16.3. The first-order chi connectivity index (χ1) is 2.50. The Morgan fingerprint density at radius 3 is 1.43 bits per heavy atom. The molecular weight excluding hydrogens is 92.1 g/mol. The van der Waals surface area contributed by atoms with E-state index in [0.717, 1.165) is 0 Å². The van der Waals surface area contributed by atoms with Crippen molar-refractivity contribution in [2.45, 2.75) is 0 Å². The maximum Gasteiger partial charge on any atom is 0.0902 e. The molecule has 3 heteroatoms. The van der Waals surface area contributed by atoms with Crippen LogP contribution in [0, 0.1) is 0 Å². The summed E-state index contributed by atoms with van der Waals surface area (Å²) in [7, 11) is 0. The van der Waals surface area contributed by atoms with Gasteiger partial charge >= 0.3 is 0 Å². The van der Waals surface area contributed by atoms with Crippen molar-refractivity contribution >= 4 is 0 Å². The van der Waals surface area contributed by atoms with Crippen molar-refractivity contribution in [3.8, 4) is 0 Å². The molecule has 1 aromatic rings. The van der Waals surface area contributed by atoms with Crippen LogP contribution in [0.4, 0.5) is 0 Å². The molecule has 0 radical (unpaired) electrons. The average molecular weight is 102 g/mol. The third-order valence-electron chi connectivity index (χ3n) is 0.425. The molecule has 0 aromatic carbocycles. The first kappa shape index (κ1) is 9.50. The molecule has 0 bridgehead atoms. The molecule has 0 saturated carbocycles. The smallest absolute Gasteiger partial charge is 0.0902 e. The van der Waals surface area contributed by atoms with E-state index in [9.17, 15) is 0 Å². The highest BCUT2D eigenvalue weighted by molar-refractivity contribution is 4.79. The standard InChI is InChI=1S/C4H4O.2H3N/c1-2-4-5-3-1;;/h1-4H;2*1H3. The maximum absolute atomic E-state index is 4.58. The van der Waals surface area contributed by atoms with Crippen LogP contribution in [-0.2, 0) is 0 Å². The lowest BCUT2D eigenvalue weighted by Crippen LogP contribution is -1.16. The second-order valence-corrected chi connectivity index (χ2v) is 0.793. The number of hydrogen-bond donors (Lipinski definition) is 2. The van der Waals surface area contributed by atoms with Crippen LogP contribution in [0.1, 0.15) is 0 Å². The Morgan fingerprint density at radius 2 is 1.29 bits per heavy atom. The van der Waals surface area contributed by atoms with E-state index in [1.807, 2.05) is 12.1 Å². The van der Waals surface area contributed by atoms with Crippen molar-refractivity contribution in [1.82, 2.24) is 12.3 Å². The molecule has 1 aromatic heterocycles. The van der Waals surface area contributed by atoms with Crippen LogP contribution >= 0.6 is 0 Å². The van der Waals surface area contributed by atoms with Gasteiger partial charge in [-0.2, -0.15) is 0 Å². The molecule has 42 valence electrons. The lowest BCUT2D eigenvalue weighted by atomic mass is 10.7. The Bertz CT molecular complexity index is 66.2. The Balaban J connectivity index is 0. The summed E-state index contributed by atoms with van der Waals surface area (Å²) in [6.07, 6.45) is 3.25. The van der Waals surface area contributed by atoms with Crippen LogP contribution in [0.15, 0.2) is 29.1 Å². The fourth-order valence-corrected chi connectivity index (χ4v) is 0.227. The topological polar surface area (TPSA) is 83.1 Å². The Hall–Kier alpha value is -0.800. The average Bonchev–Trinajstić information content (AvgIpc) is 1.76. The van der Waals surface area contributed by atoms with E-state index in [-0.39, 0.29) is 12.3 Å². The molecule has 0 aliphatic carbocycles. The lowest BCUT2D eigenvalue weighted by molar-refractivity contribution is 0.567. The molecule has 0 atom stereocenters. The molecule has 3 nitrogen and oxygen atoms in total. The molecule has 0 fully saturated rings. The van der Waals surface area contributed by atoms with Gasteiger partial charge in [0.2, 0.25) is 0 Å². The second kappa shape index (κ2) is 5.20. The van der Waals surface area contributed by atoms with Crippen LogP contribution in [-0.4, -0.2) is 0 Å². The summed E-state index contributed by atoms with van der Waals surface area (Å²) in [5.74, 6) is 0. The molecule has 0 aliphatic rings. The van der Waals surface area contributed by atoms with Crippen molar-refractivity contribution in [2.24, 2.45) is 0 Å². The minimum atomic E-state index is 0. The minimum absolute atomic E-state index is 0. The summed E-state index contributed by atoms with van der Waals surface area (Å²) >= 11 is 0. The molecule has 0 aliphatic heterocycles. The molecule has 0 unspecified atom stereocenters. The summed E-state index contributed by atoms with van der Waals surface area (Å²) < 4.78 is 4.58. The van der Waals surface area contributed by atoms with Crippen LogP contribution in [0.5, 0.6) is 0 Å². The van der Waals surface area contributed by atoms with Gasteiger partial charge in [0.1, 0.15) is 0 Å². The molecule has 0 saturated heterocycles. The van der Waals surface area contributed by atoms with Gasteiger partial charge in [-0.25, -0.2) is 0 Å². The molecule has 0 spiro atoms. The van der Waals surface area contributed by atoms with E-state index in [0.29, 0.717) is 0 Å². The van der Waals surface area contributed by atoms with Gasteiger partial charge in [0.15, 0.2) is 0 Å². The van der Waals surface area contributed by atoms with Crippen molar-refractivity contribution in [3.05, 3.63) is 24.7 Å². The Kier molecular flexibility index (Phi) is 7.06. The fourth-order valence-electron chi connectivity index (χ4n) is 0.227. The van der Waals surface area contributed by atoms with Crippen molar-refractivity contribution in [1.29, 1.82) is 0 Å². The SMILES string of the molecule is N.N.c1ccoc1. The highest BCUT2D eigenvalue weighted by Crippen LogP contribution is 1.79. The summed E-state index contributed by atoms with van der Waals surface area (Å²) in [5, 5.41) is 0. The van der Waals surface area contributed by atoms with Crippen molar-refractivity contribution in [2.75, 3.05) is 0 Å². The monoisotopic (exact) mass is 102 g/mol. The van der Waals surface area contributed by atoms with E-state index in [1.165, 1.54) is 0 Å². The third kappa shape index (κ3) is 3.02. The van der Waals surface area contributed by atoms with E-state index >= 15 is 0 Å². The molecule has 6 N–H and O–H groups in total. The molecule has 1 heterocycles. The van der Waals surface area contributed by atoms with Gasteiger partial charge in [0, 0.05) is 0 Å². The molecule has 7 heavy (non-hydrogen) atoms. The zero-order chi connectivity index (χ0) is 3.54. The quantitative estimate of drug-likeness (QED) is 0.521.